The van der Waals surface area contributed by atoms with Gasteiger partial charge in [0.2, 0.25) is 5.91 Å². The topological polar surface area (TPSA) is 73.1 Å². The highest BCUT2D eigenvalue weighted by Crippen LogP contribution is 2.14. The molecule has 1 amide bonds. The van der Waals surface area contributed by atoms with Gasteiger partial charge in [-0.1, -0.05) is 40.2 Å². The molecule has 1 heterocycles. The van der Waals surface area contributed by atoms with Gasteiger partial charge in [-0.05, 0) is 54.1 Å². The third-order valence-electron chi connectivity index (χ3n) is 4.82. The number of nitrogens with zero attached hydrogens (tertiary/aromatic N) is 2. The number of rotatable bonds is 5. The van der Waals surface area contributed by atoms with Crippen LogP contribution < -0.4 is 16.6 Å². The van der Waals surface area contributed by atoms with Crippen molar-refractivity contribution in [2.24, 2.45) is 0 Å². The van der Waals surface area contributed by atoms with E-state index >= 15 is 0 Å². The Hall–Kier alpha value is -3.52. The molecule has 1 N–H and O–H groups in total. The number of nitrogens with one attached hydrogen (secondary N) is 1. The van der Waals surface area contributed by atoms with Crippen LogP contribution in [0.25, 0.3) is 10.9 Å². The first-order valence-corrected chi connectivity index (χ1v) is 10.2. The van der Waals surface area contributed by atoms with E-state index in [2.05, 4.69) is 21.2 Å². The van der Waals surface area contributed by atoms with Crippen LogP contribution >= 0.6 is 15.9 Å². The maximum Gasteiger partial charge on any atom is 0.332 e. The van der Waals surface area contributed by atoms with Gasteiger partial charge in [0.05, 0.1) is 17.4 Å². The Morgan fingerprint density at radius 3 is 2.29 bits per heavy atom. The van der Waals surface area contributed by atoms with Crippen molar-refractivity contribution in [1.29, 1.82) is 0 Å². The van der Waals surface area contributed by atoms with Crippen molar-refractivity contribution < 1.29 is 9.18 Å². The summed E-state index contributed by atoms with van der Waals surface area (Å²) in [5.74, 6) is -0.807. The first kappa shape index (κ1) is 20.7. The van der Waals surface area contributed by atoms with Crippen LogP contribution in [-0.2, 0) is 17.9 Å². The van der Waals surface area contributed by atoms with Gasteiger partial charge in [-0.15, -0.1) is 0 Å². The minimum absolute atomic E-state index is 0.0306. The van der Waals surface area contributed by atoms with Crippen molar-refractivity contribution in [2.45, 2.75) is 13.1 Å². The Bertz CT molecular complexity index is 1380. The molecule has 8 heteroatoms. The fourth-order valence-corrected chi connectivity index (χ4v) is 3.58. The van der Waals surface area contributed by atoms with E-state index in [1.54, 1.807) is 48.5 Å². The minimum Gasteiger partial charge on any atom is -0.325 e. The average Bonchev–Trinajstić information content (AvgIpc) is 2.77. The fourth-order valence-electron chi connectivity index (χ4n) is 3.31. The quantitative estimate of drug-likeness (QED) is 0.471. The summed E-state index contributed by atoms with van der Waals surface area (Å²) in [6, 6.07) is 19.3. The molecule has 0 saturated heterocycles. The number of carbonyl (C=O) groups is 1. The summed E-state index contributed by atoms with van der Waals surface area (Å²) in [5, 5.41) is 3.07. The average molecular weight is 482 g/mol. The Kier molecular flexibility index (Phi) is 5.81. The van der Waals surface area contributed by atoms with Crippen LogP contribution in [-0.4, -0.2) is 15.0 Å². The van der Waals surface area contributed by atoms with Crippen molar-refractivity contribution in [3.8, 4) is 0 Å². The second kappa shape index (κ2) is 8.69. The van der Waals surface area contributed by atoms with E-state index in [1.165, 1.54) is 28.8 Å². The molecule has 0 unspecified atom stereocenters. The number of anilines is 1. The molecule has 0 atom stereocenters. The molecule has 0 bridgehead atoms. The number of aromatic nitrogens is 2. The SMILES string of the molecule is O=C(Cn1c(=O)n(Cc2ccc(F)cc2)c(=O)c2ccccc21)Nc1ccc(Br)cc1. The van der Waals surface area contributed by atoms with Gasteiger partial charge in [0.15, 0.2) is 0 Å². The number of fused-ring (bicyclic) bond motifs is 1. The van der Waals surface area contributed by atoms with Crippen LogP contribution in [0.2, 0.25) is 0 Å². The van der Waals surface area contributed by atoms with E-state index in [1.807, 2.05) is 0 Å². The Morgan fingerprint density at radius 1 is 0.903 bits per heavy atom. The summed E-state index contributed by atoms with van der Waals surface area (Å²) in [4.78, 5) is 38.8. The zero-order valence-electron chi connectivity index (χ0n) is 16.2. The highest BCUT2D eigenvalue weighted by molar-refractivity contribution is 9.10. The first-order valence-electron chi connectivity index (χ1n) is 9.44. The molecular formula is C23H17BrFN3O3. The summed E-state index contributed by atoms with van der Waals surface area (Å²) in [5.41, 5.74) is 0.485. The lowest BCUT2D eigenvalue weighted by Crippen LogP contribution is -2.42. The summed E-state index contributed by atoms with van der Waals surface area (Å²) in [7, 11) is 0. The van der Waals surface area contributed by atoms with Gasteiger partial charge in [-0.3, -0.25) is 18.7 Å². The second-order valence-electron chi connectivity index (χ2n) is 6.96. The highest BCUT2D eigenvalue weighted by atomic mass is 79.9. The van der Waals surface area contributed by atoms with Crippen molar-refractivity contribution in [2.75, 3.05) is 5.32 Å². The number of hydrogen-bond acceptors (Lipinski definition) is 3. The molecule has 4 rings (SSSR count). The molecule has 0 saturated carbocycles. The largest absolute Gasteiger partial charge is 0.332 e. The lowest BCUT2D eigenvalue weighted by molar-refractivity contribution is -0.116. The van der Waals surface area contributed by atoms with Gasteiger partial charge in [0.1, 0.15) is 12.4 Å². The molecular weight excluding hydrogens is 465 g/mol. The van der Waals surface area contributed by atoms with Crippen LogP contribution in [0.3, 0.4) is 0 Å². The normalized spacial score (nSPS) is 10.9. The summed E-state index contributed by atoms with van der Waals surface area (Å²) in [6.07, 6.45) is 0. The van der Waals surface area contributed by atoms with Crippen LogP contribution in [0.15, 0.2) is 86.9 Å². The van der Waals surface area contributed by atoms with Gasteiger partial charge >= 0.3 is 5.69 Å². The van der Waals surface area contributed by atoms with E-state index < -0.39 is 23.0 Å². The highest BCUT2D eigenvalue weighted by Gasteiger charge is 2.15. The van der Waals surface area contributed by atoms with Crippen molar-refractivity contribution in [3.63, 3.8) is 0 Å². The monoisotopic (exact) mass is 481 g/mol. The maximum absolute atomic E-state index is 13.2. The van der Waals surface area contributed by atoms with E-state index in [0.717, 1.165) is 9.04 Å². The molecule has 3 aromatic carbocycles. The summed E-state index contributed by atoms with van der Waals surface area (Å²) >= 11 is 3.34. The van der Waals surface area contributed by atoms with Crippen LogP contribution in [0.5, 0.6) is 0 Å². The zero-order chi connectivity index (χ0) is 22.0. The van der Waals surface area contributed by atoms with Crippen molar-refractivity contribution in [1.82, 2.24) is 9.13 Å². The number of halogens is 2. The number of amides is 1. The van der Waals surface area contributed by atoms with Gasteiger partial charge in [-0.25, -0.2) is 9.18 Å². The lowest BCUT2D eigenvalue weighted by Gasteiger charge is -2.14. The maximum atomic E-state index is 13.2. The summed E-state index contributed by atoms with van der Waals surface area (Å²) in [6.45, 7) is -0.295. The molecule has 6 nitrogen and oxygen atoms in total. The number of carbonyl (C=O) groups excluding carboxylic acids is 1. The molecule has 31 heavy (non-hydrogen) atoms. The van der Waals surface area contributed by atoms with E-state index in [-0.39, 0.29) is 13.1 Å². The molecule has 0 aliphatic carbocycles. The molecule has 0 fully saturated rings. The second-order valence-corrected chi connectivity index (χ2v) is 7.87. The van der Waals surface area contributed by atoms with Crippen LogP contribution in [0.4, 0.5) is 10.1 Å². The molecule has 4 aromatic rings. The van der Waals surface area contributed by atoms with E-state index in [9.17, 15) is 18.8 Å². The lowest BCUT2D eigenvalue weighted by atomic mass is 10.2. The van der Waals surface area contributed by atoms with Crippen LogP contribution in [0.1, 0.15) is 5.56 Å². The molecule has 1 aromatic heterocycles. The fraction of sp³-hybridized carbons (Fsp3) is 0.0870. The van der Waals surface area contributed by atoms with Gasteiger partial charge in [0.25, 0.3) is 5.56 Å². The standard InChI is InChI=1S/C23H17BrFN3O3/c24-16-7-11-18(12-8-16)26-21(29)14-27-20-4-2-1-3-19(20)22(30)28(23(27)31)13-15-5-9-17(25)10-6-15/h1-12H,13-14H2,(H,26,29). The van der Waals surface area contributed by atoms with Gasteiger partial charge in [0, 0.05) is 10.2 Å². The predicted molar refractivity (Wildman–Crippen MR) is 121 cm³/mol. The zero-order valence-corrected chi connectivity index (χ0v) is 17.8. The Morgan fingerprint density at radius 2 is 1.58 bits per heavy atom. The van der Waals surface area contributed by atoms with Gasteiger partial charge in [-0.2, -0.15) is 0 Å². The first-order chi connectivity index (χ1) is 14.9. The smallest absolute Gasteiger partial charge is 0.325 e. The van der Waals surface area contributed by atoms with Crippen LogP contribution in [0, 0.1) is 5.82 Å². The number of hydrogen-bond donors (Lipinski definition) is 1. The molecule has 156 valence electrons. The van der Waals surface area contributed by atoms with Crippen molar-refractivity contribution in [3.05, 3.63) is 109 Å². The van der Waals surface area contributed by atoms with Crippen molar-refractivity contribution >= 4 is 38.4 Å². The Balaban J connectivity index is 1.74. The third kappa shape index (κ3) is 4.49. The predicted octanol–water partition coefficient (Wildman–Crippen LogP) is 3.75. The van der Waals surface area contributed by atoms with E-state index in [4.69, 9.17) is 0 Å². The van der Waals surface area contributed by atoms with Gasteiger partial charge < -0.3 is 5.32 Å². The molecule has 0 spiro atoms. The molecule has 0 radical (unpaired) electrons. The third-order valence-corrected chi connectivity index (χ3v) is 5.34. The Labute approximate surface area is 184 Å². The molecule has 0 aliphatic rings. The number of benzene rings is 3. The number of para-hydroxylation sites is 1. The minimum atomic E-state index is -0.612. The summed E-state index contributed by atoms with van der Waals surface area (Å²) < 4.78 is 16.4. The van der Waals surface area contributed by atoms with E-state index in [0.29, 0.717) is 22.2 Å². The molecule has 0 aliphatic heterocycles.